The largest absolute Gasteiger partial charge is 0.461 e. The molecule has 1 aliphatic heterocycles. The molecular weight excluding hydrogens is 364 g/mol. The molecule has 27 heavy (non-hydrogen) atoms. The molecule has 1 saturated carbocycles. The molecule has 3 aromatic heterocycles. The van der Waals surface area contributed by atoms with E-state index in [1.54, 1.807) is 24.1 Å². The summed E-state index contributed by atoms with van der Waals surface area (Å²) >= 11 is 1.60. The van der Waals surface area contributed by atoms with Crippen LogP contribution in [0.15, 0.2) is 32.5 Å². The van der Waals surface area contributed by atoms with Crippen LogP contribution in [-0.2, 0) is 5.75 Å². The molecule has 5 rings (SSSR count). The van der Waals surface area contributed by atoms with Crippen molar-refractivity contribution >= 4 is 17.7 Å². The van der Waals surface area contributed by atoms with Crippen molar-refractivity contribution in [2.24, 2.45) is 5.92 Å². The molecule has 4 heterocycles. The number of hydrogen-bond donors (Lipinski definition) is 0. The summed E-state index contributed by atoms with van der Waals surface area (Å²) in [6.45, 7) is 4.45. The first kappa shape index (κ1) is 16.9. The molecule has 8 nitrogen and oxygen atoms in total. The van der Waals surface area contributed by atoms with E-state index >= 15 is 0 Å². The fourth-order valence-corrected chi connectivity index (χ4v) is 4.23. The fourth-order valence-electron chi connectivity index (χ4n) is 3.39. The van der Waals surface area contributed by atoms with Crippen molar-refractivity contribution in [2.75, 3.05) is 18.0 Å². The average Bonchev–Trinajstić information content (AvgIpc) is 3.09. The normalized spacial score (nSPS) is 18.3. The number of anilines is 1. The highest BCUT2D eigenvalue weighted by molar-refractivity contribution is 7.98. The van der Waals surface area contributed by atoms with E-state index in [1.165, 1.54) is 25.7 Å². The molecule has 2 fully saturated rings. The third-order valence-electron chi connectivity index (χ3n) is 5.16. The number of piperidine rings is 1. The molecule has 0 aromatic carbocycles. The first-order chi connectivity index (χ1) is 13.3. The van der Waals surface area contributed by atoms with Crippen LogP contribution in [0.4, 0.5) is 5.95 Å². The summed E-state index contributed by atoms with van der Waals surface area (Å²) in [5.74, 6) is 4.03. The van der Waals surface area contributed by atoms with Gasteiger partial charge in [0.25, 0.3) is 0 Å². The van der Waals surface area contributed by atoms with Crippen molar-refractivity contribution in [3.8, 4) is 11.6 Å². The van der Waals surface area contributed by atoms with Gasteiger partial charge in [-0.15, -0.1) is 10.2 Å². The monoisotopic (exact) mass is 386 g/mol. The first-order valence-electron chi connectivity index (χ1n) is 9.47. The van der Waals surface area contributed by atoms with Crippen LogP contribution in [0.5, 0.6) is 0 Å². The molecule has 142 valence electrons. The number of rotatable bonds is 6. The number of hydrogen-bond acceptors (Lipinski definition) is 8. The van der Waals surface area contributed by atoms with Crippen LogP contribution in [0.2, 0.25) is 0 Å². The van der Waals surface area contributed by atoms with Crippen LogP contribution in [0.3, 0.4) is 0 Å². The van der Waals surface area contributed by atoms with Crippen LogP contribution < -0.4 is 4.90 Å². The zero-order valence-corrected chi connectivity index (χ0v) is 16.1. The van der Waals surface area contributed by atoms with Gasteiger partial charge < -0.3 is 13.8 Å². The Kier molecular flexibility index (Phi) is 4.39. The van der Waals surface area contributed by atoms with Gasteiger partial charge in [-0.25, -0.2) is 0 Å². The molecule has 0 radical (unpaired) electrons. The summed E-state index contributed by atoms with van der Waals surface area (Å²) in [6.07, 6.45) is 6.44. The summed E-state index contributed by atoms with van der Waals surface area (Å²) in [6, 6.07) is 4.15. The van der Waals surface area contributed by atoms with Crippen molar-refractivity contribution in [1.29, 1.82) is 0 Å². The summed E-state index contributed by atoms with van der Waals surface area (Å²) in [7, 11) is 0. The van der Waals surface area contributed by atoms with E-state index in [-0.39, 0.29) is 0 Å². The van der Waals surface area contributed by atoms with Gasteiger partial charge in [0, 0.05) is 19.1 Å². The topological polar surface area (TPSA) is 86.0 Å². The van der Waals surface area contributed by atoms with E-state index in [4.69, 9.17) is 8.94 Å². The van der Waals surface area contributed by atoms with Crippen LogP contribution in [-0.4, -0.2) is 38.0 Å². The molecule has 0 N–H and O–H groups in total. The van der Waals surface area contributed by atoms with Gasteiger partial charge >= 0.3 is 0 Å². The van der Waals surface area contributed by atoms with Crippen LogP contribution in [0.25, 0.3) is 11.6 Å². The van der Waals surface area contributed by atoms with E-state index < -0.39 is 0 Å². The molecule has 0 spiro atoms. The second kappa shape index (κ2) is 7.03. The number of furan rings is 1. The second-order valence-electron chi connectivity index (χ2n) is 7.33. The van der Waals surface area contributed by atoms with Gasteiger partial charge in [-0.2, -0.15) is 4.98 Å². The second-order valence-corrected chi connectivity index (χ2v) is 8.27. The minimum Gasteiger partial charge on any atom is -0.461 e. The van der Waals surface area contributed by atoms with Crippen LogP contribution in [0, 0.1) is 5.92 Å². The predicted octanol–water partition coefficient (Wildman–Crippen LogP) is 3.78. The predicted molar refractivity (Wildman–Crippen MR) is 100 cm³/mol. The van der Waals surface area contributed by atoms with Crippen LogP contribution >= 0.6 is 11.8 Å². The van der Waals surface area contributed by atoms with E-state index in [0.29, 0.717) is 29.3 Å². The van der Waals surface area contributed by atoms with Gasteiger partial charge in [-0.05, 0) is 43.7 Å². The summed E-state index contributed by atoms with van der Waals surface area (Å²) in [4.78, 5) is 6.79. The van der Waals surface area contributed by atoms with E-state index in [0.717, 1.165) is 30.1 Å². The SMILES string of the molecule is CC1CCN(c2nnc(SCc3nc(-c4ccco4)no3)n2C2CC2)CC1. The zero-order chi connectivity index (χ0) is 18.2. The van der Waals surface area contributed by atoms with Gasteiger partial charge in [0.2, 0.25) is 17.7 Å². The summed E-state index contributed by atoms with van der Waals surface area (Å²) in [5.41, 5.74) is 0. The minimum absolute atomic E-state index is 0.474. The lowest BCUT2D eigenvalue weighted by molar-refractivity contribution is 0.390. The summed E-state index contributed by atoms with van der Waals surface area (Å²) < 4.78 is 13.0. The van der Waals surface area contributed by atoms with Crippen molar-refractivity contribution in [3.63, 3.8) is 0 Å². The fraction of sp³-hybridized carbons (Fsp3) is 0.556. The van der Waals surface area contributed by atoms with E-state index in [1.807, 2.05) is 6.07 Å². The van der Waals surface area contributed by atoms with Crippen molar-refractivity contribution < 1.29 is 8.94 Å². The highest BCUT2D eigenvalue weighted by Gasteiger charge is 2.32. The molecule has 1 saturated heterocycles. The molecule has 0 atom stereocenters. The van der Waals surface area contributed by atoms with Crippen molar-refractivity contribution in [1.82, 2.24) is 24.9 Å². The Balaban J connectivity index is 1.31. The Labute approximate surface area is 161 Å². The maximum absolute atomic E-state index is 5.35. The van der Waals surface area contributed by atoms with Gasteiger partial charge in [-0.1, -0.05) is 23.8 Å². The van der Waals surface area contributed by atoms with Crippen LogP contribution in [0.1, 0.15) is 44.5 Å². The molecule has 9 heteroatoms. The maximum atomic E-state index is 5.35. The zero-order valence-electron chi connectivity index (χ0n) is 15.2. The highest BCUT2D eigenvalue weighted by Crippen LogP contribution is 2.41. The van der Waals surface area contributed by atoms with Crippen molar-refractivity contribution in [3.05, 3.63) is 24.3 Å². The van der Waals surface area contributed by atoms with Gasteiger partial charge in [-0.3, -0.25) is 4.57 Å². The summed E-state index contributed by atoms with van der Waals surface area (Å²) in [5, 5.41) is 13.9. The van der Waals surface area contributed by atoms with E-state index in [9.17, 15) is 0 Å². The Morgan fingerprint density at radius 3 is 2.78 bits per heavy atom. The quantitative estimate of drug-likeness (QED) is 0.592. The lowest BCUT2D eigenvalue weighted by atomic mass is 10.00. The number of nitrogens with zero attached hydrogens (tertiary/aromatic N) is 6. The molecule has 0 amide bonds. The lowest BCUT2D eigenvalue weighted by Gasteiger charge is -2.31. The van der Waals surface area contributed by atoms with Gasteiger partial charge in [0.05, 0.1) is 12.0 Å². The smallest absolute Gasteiger partial charge is 0.238 e. The van der Waals surface area contributed by atoms with Gasteiger partial charge in [0.15, 0.2) is 10.9 Å². The Bertz CT molecular complexity index is 893. The third kappa shape index (κ3) is 3.47. The highest BCUT2D eigenvalue weighted by atomic mass is 32.2. The minimum atomic E-state index is 0.474. The maximum Gasteiger partial charge on any atom is 0.238 e. The Morgan fingerprint density at radius 1 is 1.19 bits per heavy atom. The Hall–Kier alpha value is -2.29. The first-order valence-corrected chi connectivity index (χ1v) is 10.5. The standard InChI is InChI=1S/C18H22N6O2S/c1-12-6-8-23(9-7-12)17-20-21-18(24(17)13-4-5-13)27-11-15-19-16(22-26-15)14-3-2-10-25-14/h2-3,10,12-13H,4-9,11H2,1H3. The number of aromatic nitrogens is 5. The average molecular weight is 386 g/mol. The molecule has 0 bridgehead atoms. The molecule has 3 aromatic rings. The molecule has 1 aliphatic carbocycles. The molecular formula is C18H22N6O2S. The van der Waals surface area contributed by atoms with E-state index in [2.05, 4.69) is 36.7 Å². The molecule has 0 unspecified atom stereocenters. The third-order valence-corrected chi connectivity index (χ3v) is 6.09. The Morgan fingerprint density at radius 2 is 2.04 bits per heavy atom. The van der Waals surface area contributed by atoms with Gasteiger partial charge in [0.1, 0.15) is 0 Å². The van der Waals surface area contributed by atoms with Crippen molar-refractivity contribution in [2.45, 2.75) is 49.6 Å². The molecule has 2 aliphatic rings. The number of thioether (sulfide) groups is 1. The lowest BCUT2D eigenvalue weighted by Crippen LogP contribution is -2.34.